The van der Waals surface area contributed by atoms with Crippen LogP contribution in [0.25, 0.3) is 0 Å². The zero-order valence-corrected chi connectivity index (χ0v) is 12.7. The maximum Gasteiger partial charge on any atom is 0.254 e. The van der Waals surface area contributed by atoms with Crippen LogP contribution in [0.1, 0.15) is 23.2 Å². The number of nitrogens with one attached hydrogen (secondary N) is 2. The van der Waals surface area contributed by atoms with Crippen LogP contribution >= 0.6 is 35.6 Å². The van der Waals surface area contributed by atoms with E-state index in [2.05, 4.69) is 10.6 Å². The van der Waals surface area contributed by atoms with Crippen molar-refractivity contribution in [2.45, 2.75) is 12.8 Å². The highest BCUT2D eigenvalue weighted by Crippen LogP contribution is 2.24. The Bertz CT molecular complexity index is 414. The smallest absolute Gasteiger partial charge is 0.254 e. The van der Waals surface area contributed by atoms with Gasteiger partial charge in [-0.2, -0.15) is 0 Å². The Hall–Kier alpha value is -0.480. The lowest BCUT2D eigenvalue weighted by atomic mass is 9.99. The van der Waals surface area contributed by atoms with Gasteiger partial charge in [-0.3, -0.25) is 4.79 Å². The van der Waals surface area contributed by atoms with Gasteiger partial charge in [-0.15, -0.1) is 12.4 Å². The van der Waals surface area contributed by atoms with Crippen molar-refractivity contribution < 1.29 is 4.79 Å². The first-order valence-corrected chi connectivity index (χ1v) is 6.87. The molecule has 3 nitrogen and oxygen atoms in total. The maximum atomic E-state index is 12.0. The molecule has 1 aliphatic rings. The van der Waals surface area contributed by atoms with Crippen LogP contribution in [-0.4, -0.2) is 25.5 Å². The van der Waals surface area contributed by atoms with Crippen molar-refractivity contribution in [1.29, 1.82) is 0 Å². The molecule has 1 saturated heterocycles. The van der Waals surface area contributed by atoms with Gasteiger partial charge >= 0.3 is 0 Å². The van der Waals surface area contributed by atoms with E-state index in [4.69, 9.17) is 23.2 Å². The second-order valence-corrected chi connectivity index (χ2v) is 5.33. The largest absolute Gasteiger partial charge is 0.352 e. The Morgan fingerprint density at radius 3 is 2.63 bits per heavy atom. The lowest BCUT2D eigenvalue weighted by Gasteiger charge is -2.23. The van der Waals surface area contributed by atoms with Crippen LogP contribution in [0.3, 0.4) is 0 Å². The molecule has 19 heavy (non-hydrogen) atoms. The third-order valence-electron chi connectivity index (χ3n) is 3.14. The molecule has 1 fully saturated rings. The van der Waals surface area contributed by atoms with Crippen LogP contribution in [0.2, 0.25) is 10.0 Å². The van der Waals surface area contributed by atoms with Gasteiger partial charge in [0, 0.05) is 6.54 Å². The van der Waals surface area contributed by atoms with E-state index in [0.29, 0.717) is 28.1 Å². The number of piperidine rings is 1. The second kappa shape index (κ2) is 7.95. The van der Waals surface area contributed by atoms with Crippen LogP contribution in [0.5, 0.6) is 0 Å². The summed E-state index contributed by atoms with van der Waals surface area (Å²) in [5.41, 5.74) is 0.365. The van der Waals surface area contributed by atoms with Crippen molar-refractivity contribution in [1.82, 2.24) is 10.6 Å². The van der Waals surface area contributed by atoms with Crippen LogP contribution in [0.15, 0.2) is 18.2 Å². The molecule has 6 heteroatoms. The molecule has 1 aromatic rings. The Labute approximate surface area is 129 Å². The van der Waals surface area contributed by atoms with Gasteiger partial charge in [0.15, 0.2) is 0 Å². The number of carbonyl (C=O) groups excluding carboxylic acids is 1. The number of halogens is 3. The summed E-state index contributed by atoms with van der Waals surface area (Å²) in [5, 5.41) is 7.00. The summed E-state index contributed by atoms with van der Waals surface area (Å²) in [6.07, 6.45) is 2.30. The second-order valence-electron chi connectivity index (χ2n) is 4.52. The molecular weight excluding hydrogens is 307 g/mol. The fourth-order valence-electron chi connectivity index (χ4n) is 2.14. The molecule has 0 aromatic heterocycles. The molecule has 0 radical (unpaired) electrons. The number of hydrogen-bond acceptors (Lipinski definition) is 2. The first-order chi connectivity index (χ1) is 8.68. The normalized spacial score (nSPS) is 18.5. The van der Waals surface area contributed by atoms with Crippen molar-refractivity contribution in [3.05, 3.63) is 33.8 Å². The highest BCUT2D eigenvalue weighted by molar-refractivity contribution is 6.39. The van der Waals surface area contributed by atoms with Crippen molar-refractivity contribution in [2.75, 3.05) is 19.6 Å². The molecule has 1 aromatic carbocycles. The number of carbonyl (C=O) groups is 1. The molecule has 0 aliphatic carbocycles. The van der Waals surface area contributed by atoms with Gasteiger partial charge in [0.1, 0.15) is 0 Å². The third-order valence-corrected chi connectivity index (χ3v) is 3.77. The average Bonchev–Trinajstić information content (AvgIpc) is 2.37. The summed E-state index contributed by atoms with van der Waals surface area (Å²) >= 11 is 12.0. The van der Waals surface area contributed by atoms with Gasteiger partial charge in [-0.25, -0.2) is 0 Å². The fourth-order valence-corrected chi connectivity index (χ4v) is 2.71. The Morgan fingerprint density at radius 2 is 2.05 bits per heavy atom. The summed E-state index contributed by atoms with van der Waals surface area (Å²) in [6.45, 7) is 2.69. The predicted octanol–water partition coefficient (Wildman–Crippen LogP) is 3.14. The van der Waals surface area contributed by atoms with Gasteiger partial charge in [-0.1, -0.05) is 29.3 Å². The van der Waals surface area contributed by atoms with Crippen molar-refractivity contribution in [3.8, 4) is 0 Å². The topological polar surface area (TPSA) is 41.1 Å². The van der Waals surface area contributed by atoms with Gasteiger partial charge in [0.05, 0.1) is 15.6 Å². The first-order valence-electron chi connectivity index (χ1n) is 6.11. The number of hydrogen-bond donors (Lipinski definition) is 2. The molecule has 1 aliphatic heterocycles. The summed E-state index contributed by atoms with van der Waals surface area (Å²) < 4.78 is 0. The lowest BCUT2D eigenvalue weighted by Crippen LogP contribution is -2.38. The molecule has 0 bridgehead atoms. The van der Waals surface area contributed by atoms with Gasteiger partial charge in [-0.05, 0) is 44.0 Å². The van der Waals surface area contributed by atoms with E-state index < -0.39 is 0 Å². The summed E-state index contributed by atoms with van der Waals surface area (Å²) in [5.74, 6) is 0.292. The van der Waals surface area contributed by atoms with E-state index in [9.17, 15) is 4.79 Å². The van der Waals surface area contributed by atoms with Crippen molar-refractivity contribution in [2.24, 2.45) is 5.92 Å². The monoisotopic (exact) mass is 322 g/mol. The minimum Gasteiger partial charge on any atom is -0.352 e. The Balaban J connectivity index is 0.00000180. The highest BCUT2D eigenvalue weighted by atomic mass is 35.5. The van der Waals surface area contributed by atoms with E-state index >= 15 is 0 Å². The summed E-state index contributed by atoms with van der Waals surface area (Å²) in [7, 11) is 0. The number of rotatable bonds is 3. The standard InChI is InChI=1S/C13H16Cl2N2O.ClH/c14-10-4-1-5-11(15)12(10)13(18)17-8-9-3-2-6-16-7-9;/h1,4-5,9,16H,2-3,6-8H2,(H,17,18);1H. The molecule has 1 amide bonds. The van der Waals surface area contributed by atoms with E-state index in [1.807, 2.05) is 0 Å². The van der Waals surface area contributed by atoms with E-state index in [-0.39, 0.29) is 18.3 Å². The molecule has 2 N–H and O–H groups in total. The van der Waals surface area contributed by atoms with Crippen LogP contribution in [0, 0.1) is 5.92 Å². The zero-order valence-electron chi connectivity index (χ0n) is 10.4. The first kappa shape index (κ1) is 16.6. The van der Waals surface area contributed by atoms with E-state index in [1.54, 1.807) is 18.2 Å². The quantitative estimate of drug-likeness (QED) is 0.897. The Kier molecular flexibility index (Phi) is 6.94. The molecule has 106 valence electrons. The minimum absolute atomic E-state index is 0. The minimum atomic E-state index is -0.198. The van der Waals surface area contributed by atoms with Gasteiger partial charge in [0.2, 0.25) is 0 Å². The van der Waals surface area contributed by atoms with E-state index in [0.717, 1.165) is 25.9 Å². The van der Waals surface area contributed by atoms with Gasteiger partial charge < -0.3 is 10.6 Å². The molecule has 1 heterocycles. The molecule has 2 rings (SSSR count). The van der Waals surface area contributed by atoms with E-state index in [1.165, 1.54) is 0 Å². The fraction of sp³-hybridized carbons (Fsp3) is 0.462. The third kappa shape index (κ3) is 4.53. The van der Waals surface area contributed by atoms with Crippen molar-refractivity contribution >= 4 is 41.5 Å². The number of amides is 1. The zero-order chi connectivity index (χ0) is 13.0. The SMILES string of the molecule is Cl.O=C(NCC1CCCNC1)c1c(Cl)cccc1Cl. The van der Waals surface area contributed by atoms with Gasteiger partial charge in [0.25, 0.3) is 5.91 Å². The highest BCUT2D eigenvalue weighted by Gasteiger charge is 2.17. The Morgan fingerprint density at radius 1 is 1.37 bits per heavy atom. The predicted molar refractivity (Wildman–Crippen MR) is 81.6 cm³/mol. The summed E-state index contributed by atoms with van der Waals surface area (Å²) in [4.78, 5) is 12.0. The lowest BCUT2D eigenvalue weighted by molar-refractivity contribution is 0.0945. The van der Waals surface area contributed by atoms with Crippen LogP contribution < -0.4 is 10.6 Å². The van der Waals surface area contributed by atoms with Crippen LogP contribution in [-0.2, 0) is 0 Å². The average molecular weight is 324 g/mol. The number of benzene rings is 1. The molecule has 0 spiro atoms. The summed E-state index contributed by atoms with van der Waals surface area (Å²) in [6, 6.07) is 5.07. The molecule has 1 atom stereocenters. The molecule has 0 saturated carbocycles. The maximum absolute atomic E-state index is 12.0. The van der Waals surface area contributed by atoms with Crippen molar-refractivity contribution in [3.63, 3.8) is 0 Å². The molecular formula is C13H17Cl3N2O. The van der Waals surface area contributed by atoms with Crippen LogP contribution in [0.4, 0.5) is 0 Å². The molecule has 1 unspecified atom stereocenters.